The molecule has 138 valence electrons. The molecule has 0 saturated heterocycles. The fourth-order valence-electron chi connectivity index (χ4n) is 2.22. The molecular formula is C19H22N2O4S. The minimum atomic E-state index is -1.08. The number of pyridine rings is 1. The molecule has 1 unspecified atom stereocenters. The smallest absolute Gasteiger partial charge is 0.337 e. The van der Waals surface area contributed by atoms with Gasteiger partial charge in [-0.05, 0) is 57.5 Å². The van der Waals surface area contributed by atoms with Crippen molar-refractivity contribution < 1.29 is 18.9 Å². The van der Waals surface area contributed by atoms with Crippen molar-refractivity contribution in [3.05, 3.63) is 58.9 Å². The van der Waals surface area contributed by atoms with Gasteiger partial charge in [-0.1, -0.05) is 12.1 Å². The summed E-state index contributed by atoms with van der Waals surface area (Å²) in [5.41, 5.74) is 1.91. The van der Waals surface area contributed by atoms with Gasteiger partial charge in [0.25, 0.3) is 5.91 Å². The lowest BCUT2D eigenvalue weighted by Crippen LogP contribution is -2.23. The van der Waals surface area contributed by atoms with E-state index < -0.39 is 22.7 Å². The highest BCUT2D eigenvalue weighted by molar-refractivity contribution is 7.85. The first-order chi connectivity index (χ1) is 12.1. The molecule has 0 fully saturated rings. The van der Waals surface area contributed by atoms with Crippen LogP contribution in [-0.4, -0.2) is 30.9 Å². The minimum Gasteiger partial charge on any atom is -0.478 e. The summed E-state index contributed by atoms with van der Waals surface area (Å²) < 4.78 is 12.0. The van der Waals surface area contributed by atoms with Gasteiger partial charge in [0.2, 0.25) is 0 Å². The van der Waals surface area contributed by atoms with Crippen LogP contribution in [0.4, 0.5) is 5.69 Å². The van der Waals surface area contributed by atoms with Crippen molar-refractivity contribution in [2.75, 3.05) is 5.32 Å². The Kier molecular flexibility index (Phi) is 5.92. The molecule has 1 atom stereocenters. The van der Waals surface area contributed by atoms with E-state index in [1.807, 2.05) is 26.8 Å². The van der Waals surface area contributed by atoms with Gasteiger partial charge in [-0.3, -0.25) is 9.00 Å². The molecule has 0 aliphatic carbocycles. The minimum absolute atomic E-state index is 0.0632. The Morgan fingerprint density at radius 3 is 2.46 bits per heavy atom. The van der Waals surface area contributed by atoms with Crippen LogP contribution in [0.5, 0.6) is 0 Å². The molecule has 2 aromatic rings. The topological polar surface area (TPSA) is 96.4 Å². The third-order valence-corrected chi connectivity index (χ3v) is 5.68. The maximum Gasteiger partial charge on any atom is 0.337 e. The van der Waals surface area contributed by atoms with Gasteiger partial charge < -0.3 is 10.4 Å². The molecule has 1 aromatic carbocycles. The van der Waals surface area contributed by atoms with Crippen LogP contribution in [0, 0.1) is 6.92 Å². The fourth-order valence-corrected chi connectivity index (χ4v) is 3.13. The zero-order valence-corrected chi connectivity index (χ0v) is 16.0. The van der Waals surface area contributed by atoms with Crippen molar-refractivity contribution in [1.29, 1.82) is 0 Å². The van der Waals surface area contributed by atoms with Crippen LogP contribution in [-0.2, 0) is 16.6 Å². The number of anilines is 1. The van der Waals surface area contributed by atoms with Crippen molar-refractivity contribution in [2.45, 2.75) is 38.2 Å². The van der Waals surface area contributed by atoms with Gasteiger partial charge in [-0.15, -0.1) is 0 Å². The number of carboxylic acid groups (broad SMARTS) is 1. The number of benzene rings is 1. The largest absolute Gasteiger partial charge is 0.478 e. The molecule has 0 saturated carbocycles. The summed E-state index contributed by atoms with van der Waals surface area (Å²) in [5.74, 6) is -1.11. The summed E-state index contributed by atoms with van der Waals surface area (Å²) in [4.78, 5) is 27.4. The number of nitrogens with zero attached hydrogens (tertiary/aromatic N) is 1. The Labute approximate surface area is 155 Å². The number of aryl methyl sites for hydroxylation is 1. The average Bonchev–Trinajstić information content (AvgIpc) is 2.53. The maximum atomic E-state index is 12.4. The summed E-state index contributed by atoms with van der Waals surface area (Å²) in [6.07, 6.45) is 0. The predicted molar refractivity (Wildman–Crippen MR) is 102 cm³/mol. The Morgan fingerprint density at radius 1 is 1.19 bits per heavy atom. The number of carboxylic acids is 1. The van der Waals surface area contributed by atoms with E-state index in [0.29, 0.717) is 11.4 Å². The molecule has 1 heterocycles. The third-order valence-electron chi connectivity index (χ3n) is 3.71. The second-order valence-electron chi connectivity index (χ2n) is 6.89. The summed E-state index contributed by atoms with van der Waals surface area (Å²) >= 11 is 0. The van der Waals surface area contributed by atoms with Gasteiger partial charge in [0.05, 0.1) is 11.3 Å². The summed E-state index contributed by atoms with van der Waals surface area (Å²) in [5, 5.41) is 11.8. The molecule has 0 spiro atoms. The van der Waals surface area contributed by atoms with Gasteiger partial charge in [0.15, 0.2) is 0 Å². The second-order valence-corrected chi connectivity index (χ2v) is 9.10. The van der Waals surface area contributed by atoms with Crippen molar-refractivity contribution in [1.82, 2.24) is 4.98 Å². The molecular weight excluding hydrogens is 352 g/mol. The van der Waals surface area contributed by atoms with Gasteiger partial charge in [0, 0.05) is 27.0 Å². The number of nitrogens with one attached hydrogen (secondary N) is 1. The normalized spacial score (nSPS) is 12.5. The van der Waals surface area contributed by atoms with E-state index in [9.17, 15) is 13.8 Å². The van der Waals surface area contributed by atoms with Crippen molar-refractivity contribution in [2.24, 2.45) is 0 Å². The van der Waals surface area contributed by atoms with E-state index >= 15 is 0 Å². The van der Waals surface area contributed by atoms with E-state index in [1.165, 1.54) is 12.1 Å². The number of aromatic carboxylic acids is 1. The lowest BCUT2D eigenvalue weighted by Gasteiger charge is -2.18. The molecule has 1 amide bonds. The SMILES string of the molecule is Cc1nc(C(=O)Nc2cccc(CS(=O)C(C)(C)C)c2)ccc1C(=O)O. The quantitative estimate of drug-likeness (QED) is 0.836. The maximum absolute atomic E-state index is 12.4. The molecule has 26 heavy (non-hydrogen) atoms. The molecule has 0 aliphatic heterocycles. The fraction of sp³-hybridized carbons (Fsp3) is 0.316. The van der Waals surface area contributed by atoms with E-state index in [2.05, 4.69) is 10.3 Å². The highest BCUT2D eigenvalue weighted by atomic mass is 32.2. The molecule has 6 nitrogen and oxygen atoms in total. The number of carbonyl (C=O) groups excluding carboxylic acids is 1. The predicted octanol–water partition coefficient (Wildman–Crippen LogP) is 3.39. The van der Waals surface area contributed by atoms with Crippen LogP contribution in [0.3, 0.4) is 0 Å². The van der Waals surface area contributed by atoms with Crippen LogP contribution in [0.2, 0.25) is 0 Å². The molecule has 2 N–H and O–H groups in total. The standard InChI is InChI=1S/C19H22N2O4S/c1-12-15(18(23)24)8-9-16(20-12)17(22)21-14-7-5-6-13(10-14)11-26(25)19(2,3)4/h5-10H,11H2,1-4H3,(H,21,22)(H,23,24). The zero-order valence-electron chi connectivity index (χ0n) is 15.2. The molecule has 1 aromatic heterocycles. The monoisotopic (exact) mass is 374 g/mol. The van der Waals surface area contributed by atoms with Crippen LogP contribution < -0.4 is 5.32 Å². The first-order valence-electron chi connectivity index (χ1n) is 8.07. The first kappa shape index (κ1) is 19.8. The Balaban J connectivity index is 2.15. The van der Waals surface area contributed by atoms with E-state index in [1.54, 1.807) is 25.1 Å². The van der Waals surface area contributed by atoms with Crippen LogP contribution in [0.15, 0.2) is 36.4 Å². The molecule has 7 heteroatoms. The van der Waals surface area contributed by atoms with Gasteiger partial charge in [-0.2, -0.15) is 0 Å². The number of hydrogen-bond acceptors (Lipinski definition) is 4. The third kappa shape index (κ3) is 4.98. The van der Waals surface area contributed by atoms with Gasteiger partial charge >= 0.3 is 5.97 Å². The lowest BCUT2D eigenvalue weighted by atomic mass is 10.1. The number of aromatic nitrogens is 1. The summed E-state index contributed by atoms with van der Waals surface area (Å²) in [7, 11) is -1.04. The molecule has 0 bridgehead atoms. The van der Waals surface area contributed by atoms with Crippen molar-refractivity contribution in [3.63, 3.8) is 0 Å². The van der Waals surface area contributed by atoms with E-state index in [4.69, 9.17) is 5.11 Å². The first-order valence-corrected chi connectivity index (χ1v) is 9.39. The van der Waals surface area contributed by atoms with Gasteiger partial charge in [-0.25, -0.2) is 9.78 Å². The molecule has 0 radical (unpaired) electrons. The Hall–Kier alpha value is -2.54. The zero-order chi connectivity index (χ0) is 19.5. The molecule has 2 rings (SSSR count). The summed E-state index contributed by atoms with van der Waals surface area (Å²) in [6, 6.07) is 9.91. The van der Waals surface area contributed by atoms with Crippen LogP contribution >= 0.6 is 0 Å². The highest BCUT2D eigenvalue weighted by Crippen LogP contribution is 2.19. The number of carbonyl (C=O) groups is 2. The van der Waals surface area contributed by atoms with Crippen molar-refractivity contribution >= 4 is 28.4 Å². The molecule has 0 aliphatic rings. The van der Waals surface area contributed by atoms with Crippen LogP contribution in [0.25, 0.3) is 0 Å². The lowest BCUT2D eigenvalue weighted by molar-refractivity contribution is 0.0695. The Bertz CT molecular complexity index is 872. The average molecular weight is 374 g/mol. The number of hydrogen-bond donors (Lipinski definition) is 2. The second kappa shape index (κ2) is 7.78. The highest BCUT2D eigenvalue weighted by Gasteiger charge is 2.19. The summed E-state index contributed by atoms with van der Waals surface area (Å²) in [6.45, 7) is 7.30. The van der Waals surface area contributed by atoms with Crippen molar-refractivity contribution in [3.8, 4) is 0 Å². The van der Waals surface area contributed by atoms with Gasteiger partial charge in [0.1, 0.15) is 5.69 Å². The van der Waals surface area contributed by atoms with E-state index in [-0.39, 0.29) is 21.7 Å². The van der Waals surface area contributed by atoms with Crippen LogP contribution in [0.1, 0.15) is 52.9 Å². The van der Waals surface area contributed by atoms with E-state index in [0.717, 1.165) is 5.56 Å². The Morgan fingerprint density at radius 2 is 1.88 bits per heavy atom. The number of rotatable bonds is 5. The number of amides is 1.